The zero-order chi connectivity index (χ0) is 9.10. The molecule has 0 bridgehead atoms. The lowest BCUT2D eigenvalue weighted by Crippen LogP contribution is -1.94. The Labute approximate surface area is 80.4 Å². The summed E-state index contributed by atoms with van der Waals surface area (Å²) < 4.78 is 5.23. The molecular formula is C9H10N2OS. The van der Waals surface area contributed by atoms with Crippen molar-refractivity contribution in [3.63, 3.8) is 0 Å². The molecule has 0 aliphatic carbocycles. The van der Waals surface area contributed by atoms with Crippen LogP contribution in [0.2, 0.25) is 0 Å². The van der Waals surface area contributed by atoms with Crippen molar-refractivity contribution in [2.45, 2.75) is 6.92 Å². The van der Waals surface area contributed by atoms with Crippen molar-refractivity contribution < 1.29 is 4.42 Å². The summed E-state index contributed by atoms with van der Waals surface area (Å²) in [5.74, 6) is 0.820. The molecule has 0 aromatic carbocycles. The molecule has 2 rings (SSSR count). The fourth-order valence-corrected chi connectivity index (χ4v) is 1.81. The second kappa shape index (κ2) is 3.62. The van der Waals surface area contributed by atoms with E-state index in [-0.39, 0.29) is 0 Å². The van der Waals surface area contributed by atoms with Crippen LogP contribution in [-0.4, -0.2) is 11.5 Å². The van der Waals surface area contributed by atoms with Crippen LogP contribution in [-0.2, 0) is 0 Å². The molecule has 0 fully saturated rings. The number of rotatable bonds is 3. The largest absolute Gasteiger partial charge is 0.463 e. The van der Waals surface area contributed by atoms with Gasteiger partial charge in [-0.25, -0.2) is 4.98 Å². The van der Waals surface area contributed by atoms with Crippen LogP contribution in [0, 0.1) is 0 Å². The van der Waals surface area contributed by atoms with Gasteiger partial charge in [0.05, 0.1) is 6.26 Å². The van der Waals surface area contributed by atoms with E-state index in [4.69, 9.17) is 4.42 Å². The van der Waals surface area contributed by atoms with Gasteiger partial charge in [0.25, 0.3) is 0 Å². The highest BCUT2D eigenvalue weighted by Gasteiger charge is 2.04. The van der Waals surface area contributed by atoms with Crippen LogP contribution >= 0.6 is 11.3 Å². The second-order valence-corrected chi connectivity index (χ2v) is 3.40. The molecule has 0 saturated heterocycles. The quantitative estimate of drug-likeness (QED) is 0.816. The van der Waals surface area contributed by atoms with Crippen LogP contribution in [0.15, 0.2) is 28.2 Å². The van der Waals surface area contributed by atoms with E-state index in [1.54, 1.807) is 17.6 Å². The van der Waals surface area contributed by atoms with Gasteiger partial charge in [-0.1, -0.05) is 0 Å². The Morgan fingerprint density at radius 1 is 1.62 bits per heavy atom. The Kier molecular flexibility index (Phi) is 2.31. The molecule has 13 heavy (non-hydrogen) atoms. The fraction of sp³-hybridized carbons (Fsp3) is 0.222. The van der Waals surface area contributed by atoms with Crippen LogP contribution < -0.4 is 5.32 Å². The first-order chi connectivity index (χ1) is 6.40. The summed E-state index contributed by atoms with van der Waals surface area (Å²) >= 11 is 1.59. The summed E-state index contributed by atoms with van der Waals surface area (Å²) in [5.41, 5.74) is 0.894. The molecule has 68 valence electrons. The van der Waals surface area contributed by atoms with Gasteiger partial charge in [-0.05, 0) is 19.1 Å². The molecule has 2 aromatic rings. The molecule has 3 nitrogen and oxygen atoms in total. The third kappa shape index (κ3) is 1.72. The summed E-state index contributed by atoms with van der Waals surface area (Å²) in [7, 11) is 0. The van der Waals surface area contributed by atoms with Crippen molar-refractivity contribution in [2.24, 2.45) is 0 Å². The molecule has 0 radical (unpaired) electrons. The van der Waals surface area contributed by atoms with E-state index in [2.05, 4.69) is 10.3 Å². The van der Waals surface area contributed by atoms with E-state index in [1.165, 1.54) is 0 Å². The summed E-state index contributed by atoms with van der Waals surface area (Å²) in [5, 5.41) is 6.08. The normalized spacial score (nSPS) is 10.2. The van der Waals surface area contributed by atoms with Crippen LogP contribution in [0.3, 0.4) is 0 Å². The van der Waals surface area contributed by atoms with Crippen LogP contribution in [0.4, 0.5) is 5.13 Å². The standard InChI is InChI=1S/C9H10N2OS/c1-2-10-9-11-7(6-13-9)8-4-3-5-12-8/h3-6H,2H2,1H3,(H,10,11). The number of hydrogen-bond donors (Lipinski definition) is 1. The molecule has 1 N–H and O–H groups in total. The first-order valence-corrected chi connectivity index (χ1v) is 5.01. The second-order valence-electron chi connectivity index (χ2n) is 2.55. The average molecular weight is 194 g/mol. The molecule has 0 aliphatic rings. The van der Waals surface area contributed by atoms with E-state index >= 15 is 0 Å². The van der Waals surface area contributed by atoms with Crippen molar-refractivity contribution >= 4 is 16.5 Å². The van der Waals surface area contributed by atoms with Gasteiger partial charge in [-0.15, -0.1) is 11.3 Å². The van der Waals surface area contributed by atoms with Gasteiger partial charge in [0, 0.05) is 11.9 Å². The number of furan rings is 1. The van der Waals surface area contributed by atoms with Crippen molar-refractivity contribution in [3.05, 3.63) is 23.8 Å². The number of nitrogens with zero attached hydrogens (tertiary/aromatic N) is 1. The molecular weight excluding hydrogens is 184 g/mol. The van der Waals surface area contributed by atoms with Gasteiger partial charge >= 0.3 is 0 Å². The highest BCUT2D eigenvalue weighted by molar-refractivity contribution is 7.14. The predicted molar refractivity (Wildman–Crippen MR) is 54.0 cm³/mol. The van der Waals surface area contributed by atoms with Gasteiger partial charge in [-0.2, -0.15) is 0 Å². The number of thiazole rings is 1. The Morgan fingerprint density at radius 2 is 2.54 bits per heavy atom. The lowest BCUT2D eigenvalue weighted by atomic mass is 10.4. The number of nitrogens with one attached hydrogen (secondary N) is 1. The van der Waals surface area contributed by atoms with E-state index in [0.29, 0.717) is 0 Å². The number of hydrogen-bond acceptors (Lipinski definition) is 4. The molecule has 0 amide bonds. The molecule has 0 spiro atoms. The highest BCUT2D eigenvalue weighted by atomic mass is 32.1. The van der Waals surface area contributed by atoms with E-state index in [1.807, 2.05) is 24.4 Å². The third-order valence-electron chi connectivity index (χ3n) is 1.61. The highest BCUT2D eigenvalue weighted by Crippen LogP contribution is 2.24. The minimum absolute atomic E-state index is 0.820. The topological polar surface area (TPSA) is 38.1 Å². The summed E-state index contributed by atoms with van der Waals surface area (Å²) in [6.07, 6.45) is 1.65. The Hall–Kier alpha value is -1.29. The fourth-order valence-electron chi connectivity index (χ4n) is 1.04. The van der Waals surface area contributed by atoms with Crippen molar-refractivity contribution in [2.75, 3.05) is 11.9 Å². The third-order valence-corrected chi connectivity index (χ3v) is 2.41. The van der Waals surface area contributed by atoms with Gasteiger partial charge in [0.2, 0.25) is 0 Å². The Morgan fingerprint density at radius 3 is 3.23 bits per heavy atom. The SMILES string of the molecule is CCNc1nc(-c2ccco2)cs1. The van der Waals surface area contributed by atoms with E-state index in [9.17, 15) is 0 Å². The zero-order valence-corrected chi connectivity index (χ0v) is 8.10. The van der Waals surface area contributed by atoms with Crippen molar-refractivity contribution in [1.29, 1.82) is 0 Å². The van der Waals surface area contributed by atoms with Crippen molar-refractivity contribution in [1.82, 2.24) is 4.98 Å². The smallest absolute Gasteiger partial charge is 0.183 e. The maximum atomic E-state index is 5.23. The maximum Gasteiger partial charge on any atom is 0.183 e. The lowest BCUT2D eigenvalue weighted by molar-refractivity contribution is 0.580. The van der Waals surface area contributed by atoms with Gasteiger partial charge in [0.1, 0.15) is 5.69 Å². The molecule has 4 heteroatoms. The molecule has 0 saturated carbocycles. The number of aromatic nitrogens is 1. The minimum Gasteiger partial charge on any atom is -0.463 e. The summed E-state index contributed by atoms with van der Waals surface area (Å²) in [4.78, 5) is 4.36. The molecule has 2 aromatic heterocycles. The number of anilines is 1. The van der Waals surface area contributed by atoms with Crippen LogP contribution in [0.25, 0.3) is 11.5 Å². The lowest BCUT2D eigenvalue weighted by Gasteiger charge is -1.93. The monoisotopic (exact) mass is 194 g/mol. The molecule has 0 atom stereocenters. The van der Waals surface area contributed by atoms with Gasteiger partial charge < -0.3 is 9.73 Å². The molecule has 2 heterocycles. The van der Waals surface area contributed by atoms with E-state index < -0.39 is 0 Å². The van der Waals surface area contributed by atoms with Gasteiger partial charge in [0.15, 0.2) is 10.9 Å². The van der Waals surface area contributed by atoms with Crippen LogP contribution in [0.1, 0.15) is 6.92 Å². The minimum atomic E-state index is 0.820. The molecule has 0 aliphatic heterocycles. The maximum absolute atomic E-state index is 5.23. The predicted octanol–water partition coefficient (Wildman–Crippen LogP) is 2.83. The average Bonchev–Trinajstić information content (AvgIpc) is 2.70. The van der Waals surface area contributed by atoms with Gasteiger partial charge in [-0.3, -0.25) is 0 Å². The first kappa shape index (κ1) is 8.31. The molecule has 0 unspecified atom stereocenters. The van der Waals surface area contributed by atoms with E-state index in [0.717, 1.165) is 23.1 Å². The Bertz CT molecular complexity index is 367. The van der Waals surface area contributed by atoms with Crippen molar-refractivity contribution in [3.8, 4) is 11.5 Å². The van der Waals surface area contributed by atoms with Crippen LogP contribution in [0.5, 0.6) is 0 Å². The zero-order valence-electron chi connectivity index (χ0n) is 7.28. The Balaban J connectivity index is 2.23. The summed E-state index contributed by atoms with van der Waals surface area (Å²) in [6.45, 7) is 2.94. The first-order valence-electron chi connectivity index (χ1n) is 4.13. The summed E-state index contributed by atoms with van der Waals surface area (Å²) in [6, 6.07) is 3.77.